The van der Waals surface area contributed by atoms with Gasteiger partial charge in [-0.3, -0.25) is 14.6 Å². The number of hydrogen-bond acceptors (Lipinski definition) is 5. The van der Waals surface area contributed by atoms with Crippen LogP contribution in [0.15, 0.2) is 36.5 Å². The van der Waals surface area contributed by atoms with Gasteiger partial charge in [0.1, 0.15) is 0 Å². The van der Waals surface area contributed by atoms with E-state index in [2.05, 4.69) is 10.3 Å². The molecule has 0 aliphatic rings. The molecule has 1 unspecified atom stereocenters. The molecule has 0 radical (unpaired) electrons. The van der Waals surface area contributed by atoms with Crippen LogP contribution in [0, 0.1) is 0 Å². The van der Waals surface area contributed by atoms with Gasteiger partial charge in [0.15, 0.2) is 5.78 Å². The maximum Gasteiger partial charge on any atom is 0.261 e. The molecule has 0 aromatic carbocycles. The van der Waals surface area contributed by atoms with Gasteiger partial charge in [-0.2, -0.15) is 0 Å². The Morgan fingerprint density at radius 3 is 2.62 bits per heavy atom. The van der Waals surface area contributed by atoms with Crippen LogP contribution in [0.3, 0.4) is 0 Å². The van der Waals surface area contributed by atoms with Gasteiger partial charge in [0.25, 0.3) is 5.91 Å². The lowest BCUT2D eigenvalue weighted by molar-refractivity contribution is 0.0898. The number of rotatable bonds is 6. The monoisotopic (exact) mass is 304 g/mol. The Morgan fingerprint density at radius 1 is 1.29 bits per heavy atom. The van der Waals surface area contributed by atoms with Gasteiger partial charge in [0.2, 0.25) is 0 Å². The molecule has 0 aliphatic carbocycles. The van der Waals surface area contributed by atoms with Gasteiger partial charge in [-0.15, -0.1) is 11.3 Å². The highest BCUT2D eigenvalue weighted by atomic mass is 32.1. The Kier molecular flexibility index (Phi) is 5.19. The van der Waals surface area contributed by atoms with Crippen molar-refractivity contribution in [3.05, 3.63) is 52.0 Å². The van der Waals surface area contributed by atoms with Crippen LogP contribution in [0.25, 0.3) is 0 Å². The maximum atomic E-state index is 12.2. The van der Waals surface area contributed by atoms with Gasteiger partial charge in [-0.25, -0.2) is 0 Å². The van der Waals surface area contributed by atoms with Crippen LogP contribution in [-0.4, -0.2) is 30.4 Å². The number of hydrogen-bond donors (Lipinski definition) is 1. The zero-order valence-electron chi connectivity index (χ0n) is 11.8. The minimum Gasteiger partial charge on any atom is -0.382 e. The lowest BCUT2D eigenvalue weighted by atomic mass is 10.2. The summed E-state index contributed by atoms with van der Waals surface area (Å²) in [5.74, 6) is -0.280. The lowest BCUT2D eigenvalue weighted by Crippen LogP contribution is -2.31. The van der Waals surface area contributed by atoms with Gasteiger partial charge < -0.3 is 10.1 Å². The van der Waals surface area contributed by atoms with Gasteiger partial charge >= 0.3 is 0 Å². The standard InChI is InChI=1S/C15H16N2O3S/c1-10(18)13-6-7-14(21-13)15(19)17-12(9-20-2)11-5-3-4-8-16-11/h3-8,12H,9H2,1-2H3,(H,17,19). The highest BCUT2D eigenvalue weighted by Crippen LogP contribution is 2.18. The molecule has 6 heteroatoms. The number of ether oxygens (including phenoxy) is 1. The lowest BCUT2D eigenvalue weighted by Gasteiger charge is -2.16. The molecule has 1 N–H and O–H groups in total. The van der Waals surface area contributed by atoms with Crippen LogP contribution >= 0.6 is 11.3 Å². The molecular weight excluding hydrogens is 288 g/mol. The largest absolute Gasteiger partial charge is 0.382 e. The fourth-order valence-corrected chi connectivity index (χ4v) is 2.63. The van der Waals surface area contributed by atoms with Crippen molar-refractivity contribution in [2.45, 2.75) is 13.0 Å². The fourth-order valence-electron chi connectivity index (χ4n) is 1.83. The normalized spacial score (nSPS) is 11.9. The summed E-state index contributed by atoms with van der Waals surface area (Å²) in [6, 6.07) is 8.49. The predicted octanol–water partition coefficient (Wildman–Crippen LogP) is 2.46. The van der Waals surface area contributed by atoms with E-state index in [1.807, 2.05) is 18.2 Å². The molecule has 2 aromatic rings. The number of methoxy groups -OCH3 is 1. The summed E-state index contributed by atoms with van der Waals surface area (Å²) in [6.07, 6.45) is 1.67. The Balaban J connectivity index is 2.12. The number of ketones is 1. The summed E-state index contributed by atoms with van der Waals surface area (Å²) in [5, 5.41) is 2.88. The van der Waals surface area contributed by atoms with Crippen LogP contribution in [0.1, 0.15) is 38.0 Å². The van der Waals surface area contributed by atoms with E-state index in [1.54, 1.807) is 25.4 Å². The first-order valence-electron chi connectivity index (χ1n) is 6.43. The van der Waals surface area contributed by atoms with Crippen molar-refractivity contribution in [1.29, 1.82) is 0 Å². The molecule has 2 heterocycles. The summed E-state index contributed by atoms with van der Waals surface area (Å²) in [6.45, 7) is 1.81. The van der Waals surface area contributed by atoms with E-state index >= 15 is 0 Å². The van der Waals surface area contributed by atoms with E-state index in [4.69, 9.17) is 4.74 Å². The van der Waals surface area contributed by atoms with E-state index in [0.29, 0.717) is 16.4 Å². The van der Waals surface area contributed by atoms with Crippen molar-refractivity contribution >= 4 is 23.0 Å². The molecule has 21 heavy (non-hydrogen) atoms. The summed E-state index contributed by atoms with van der Waals surface area (Å²) in [7, 11) is 1.57. The fraction of sp³-hybridized carbons (Fsp3) is 0.267. The number of carbonyl (C=O) groups excluding carboxylic acids is 2. The van der Waals surface area contributed by atoms with Crippen LogP contribution < -0.4 is 5.32 Å². The summed E-state index contributed by atoms with van der Waals surface area (Å²) < 4.78 is 5.13. The Labute approximate surface area is 127 Å². The number of carbonyl (C=O) groups is 2. The molecule has 1 atom stereocenters. The minimum atomic E-state index is -0.327. The van der Waals surface area contributed by atoms with Crippen molar-refractivity contribution in [2.24, 2.45) is 0 Å². The molecule has 0 bridgehead atoms. The molecule has 0 spiro atoms. The molecule has 2 aromatic heterocycles. The van der Waals surface area contributed by atoms with Crippen molar-refractivity contribution in [1.82, 2.24) is 10.3 Å². The molecule has 0 saturated heterocycles. The zero-order valence-corrected chi connectivity index (χ0v) is 12.6. The number of pyridine rings is 1. The first-order chi connectivity index (χ1) is 10.1. The van der Waals surface area contributed by atoms with E-state index in [-0.39, 0.29) is 17.7 Å². The number of nitrogens with zero attached hydrogens (tertiary/aromatic N) is 1. The van der Waals surface area contributed by atoms with E-state index < -0.39 is 0 Å². The molecule has 1 amide bonds. The van der Waals surface area contributed by atoms with Gasteiger partial charge in [-0.1, -0.05) is 6.07 Å². The van der Waals surface area contributed by atoms with E-state index in [9.17, 15) is 9.59 Å². The third-order valence-electron chi connectivity index (χ3n) is 2.86. The molecule has 0 fully saturated rings. The first kappa shape index (κ1) is 15.3. The average molecular weight is 304 g/mol. The van der Waals surface area contributed by atoms with Crippen LogP contribution in [0.4, 0.5) is 0 Å². The van der Waals surface area contributed by atoms with Gasteiger partial charge in [-0.05, 0) is 31.2 Å². The van der Waals surface area contributed by atoms with Crippen molar-refractivity contribution in [3.63, 3.8) is 0 Å². The smallest absolute Gasteiger partial charge is 0.261 e. The molecule has 5 nitrogen and oxygen atoms in total. The second-order valence-electron chi connectivity index (χ2n) is 4.46. The molecule has 2 rings (SSSR count). The Hall–Kier alpha value is -2.05. The maximum absolute atomic E-state index is 12.2. The third-order valence-corrected chi connectivity index (χ3v) is 4.05. The summed E-state index contributed by atoms with van der Waals surface area (Å²) in [4.78, 5) is 28.8. The number of amides is 1. The highest BCUT2D eigenvalue weighted by Gasteiger charge is 2.18. The molecule has 110 valence electrons. The van der Waals surface area contributed by atoms with E-state index in [0.717, 1.165) is 5.69 Å². The topological polar surface area (TPSA) is 68.3 Å². The van der Waals surface area contributed by atoms with E-state index in [1.165, 1.54) is 18.3 Å². The summed E-state index contributed by atoms with van der Waals surface area (Å²) in [5.41, 5.74) is 0.732. The Morgan fingerprint density at radius 2 is 2.05 bits per heavy atom. The zero-order chi connectivity index (χ0) is 15.2. The molecule has 0 aliphatic heterocycles. The molecule has 0 saturated carbocycles. The highest BCUT2D eigenvalue weighted by molar-refractivity contribution is 7.15. The number of Topliss-reactive ketones (excluding diaryl/α,β-unsaturated/α-hetero) is 1. The van der Waals surface area contributed by atoms with Crippen molar-refractivity contribution < 1.29 is 14.3 Å². The first-order valence-corrected chi connectivity index (χ1v) is 7.25. The number of aromatic nitrogens is 1. The quantitative estimate of drug-likeness (QED) is 0.832. The van der Waals surface area contributed by atoms with Crippen LogP contribution in [-0.2, 0) is 4.74 Å². The summed E-state index contributed by atoms with van der Waals surface area (Å²) >= 11 is 1.18. The average Bonchev–Trinajstić information content (AvgIpc) is 2.98. The number of nitrogens with one attached hydrogen (secondary N) is 1. The van der Waals surface area contributed by atoms with Crippen molar-refractivity contribution in [2.75, 3.05) is 13.7 Å². The van der Waals surface area contributed by atoms with Gasteiger partial charge in [0.05, 0.1) is 28.1 Å². The van der Waals surface area contributed by atoms with Crippen LogP contribution in [0.2, 0.25) is 0 Å². The predicted molar refractivity (Wildman–Crippen MR) is 80.6 cm³/mol. The number of thiophene rings is 1. The second-order valence-corrected chi connectivity index (χ2v) is 5.54. The SMILES string of the molecule is COCC(NC(=O)c1ccc(C(C)=O)s1)c1ccccn1. The minimum absolute atomic E-state index is 0.0442. The van der Waals surface area contributed by atoms with Gasteiger partial charge in [0, 0.05) is 13.3 Å². The van der Waals surface area contributed by atoms with Crippen molar-refractivity contribution in [3.8, 4) is 0 Å². The second kappa shape index (κ2) is 7.10. The third kappa shape index (κ3) is 3.96. The molecular formula is C15H16N2O3S. The van der Waals surface area contributed by atoms with Crippen LogP contribution in [0.5, 0.6) is 0 Å². The Bertz CT molecular complexity index is 625.